The third-order valence-corrected chi connectivity index (χ3v) is 1.53. The minimum absolute atomic E-state index is 0.00884. The minimum Gasteiger partial charge on any atom is -0.208 e. The second-order valence-corrected chi connectivity index (χ2v) is 2.31. The highest BCUT2D eigenvalue weighted by Crippen LogP contribution is 2.32. The SMILES string of the molecule is CC.CC1=C(F)C(F)=C(F)CC1. The monoisotopic (exact) mass is 178 g/mol. The first-order chi connectivity index (χ1) is 5.63. The number of rotatable bonds is 0. The summed E-state index contributed by atoms with van der Waals surface area (Å²) in [7, 11) is 0. The molecule has 0 radical (unpaired) electrons. The summed E-state index contributed by atoms with van der Waals surface area (Å²) in [5.41, 5.74) is 0.291. The summed E-state index contributed by atoms with van der Waals surface area (Å²) in [4.78, 5) is 0. The van der Waals surface area contributed by atoms with Crippen LogP contribution in [0.4, 0.5) is 13.2 Å². The lowest BCUT2D eigenvalue weighted by atomic mass is 10.0. The molecule has 12 heavy (non-hydrogen) atoms. The topological polar surface area (TPSA) is 0 Å². The molecular weight excluding hydrogens is 165 g/mol. The van der Waals surface area contributed by atoms with Gasteiger partial charge < -0.3 is 0 Å². The molecule has 70 valence electrons. The molecule has 1 rings (SSSR count). The lowest BCUT2D eigenvalue weighted by molar-refractivity contribution is 0.452. The summed E-state index contributed by atoms with van der Waals surface area (Å²) in [6.07, 6.45) is 0.274. The summed E-state index contributed by atoms with van der Waals surface area (Å²) in [5, 5.41) is 0. The van der Waals surface area contributed by atoms with Gasteiger partial charge in [-0.15, -0.1) is 0 Å². The van der Waals surface area contributed by atoms with Crippen LogP contribution in [0.5, 0.6) is 0 Å². The number of hydrogen-bond donors (Lipinski definition) is 0. The maximum absolute atomic E-state index is 12.4. The largest absolute Gasteiger partial charge is 0.208 e. The van der Waals surface area contributed by atoms with Crippen molar-refractivity contribution in [2.45, 2.75) is 33.6 Å². The Hall–Kier alpha value is -0.730. The summed E-state index contributed by atoms with van der Waals surface area (Å²) in [6.45, 7) is 5.46. The summed E-state index contributed by atoms with van der Waals surface area (Å²) in [6, 6.07) is 0. The molecule has 0 aromatic heterocycles. The fourth-order valence-electron chi connectivity index (χ4n) is 0.823. The molecular formula is C9H13F3. The highest BCUT2D eigenvalue weighted by atomic mass is 19.2. The Morgan fingerprint density at radius 1 is 0.917 bits per heavy atom. The molecule has 0 spiro atoms. The third kappa shape index (κ3) is 2.40. The summed E-state index contributed by atoms with van der Waals surface area (Å²) in [5.74, 6) is -3.31. The van der Waals surface area contributed by atoms with Crippen LogP contribution >= 0.6 is 0 Å². The van der Waals surface area contributed by atoms with Crippen molar-refractivity contribution >= 4 is 0 Å². The van der Waals surface area contributed by atoms with E-state index in [1.54, 1.807) is 0 Å². The highest BCUT2D eigenvalue weighted by molar-refractivity contribution is 5.30. The summed E-state index contributed by atoms with van der Waals surface area (Å²) < 4.78 is 37.0. The van der Waals surface area contributed by atoms with Crippen molar-refractivity contribution in [1.82, 2.24) is 0 Å². The molecule has 0 fully saturated rings. The molecule has 0 unspecified atom stereocenters. The van der Waals surface area contributed by atoms with Gasteiger partial charge in [-0.3, -0.25) is 0 Å². The van der Waals surface area contributed by atoms with Crippen LogP contribution < -0.4 is 0 Å². The first-order valence-corrected chi connectivity index (χ1v) is 4.02. The average molecular weight is 178 g/mol. The van der Waals surface area contributed by atoms with Gasteiger partial charge >= 0.3 is 0 Å². The van der Waals surface area contributed by atoms with E-state index in [0.29, 0.717) is 5.57 Å². The van der Waals surface area contributed by atoms with Gasteiger partial charge in [0.15, 0.2) is 11.7 Å². The Balaban J connectivity index is 0.000000561. The van der Waals surface area contributed by atoms with Gasteiger partial charge in [0.2, 0.25) is 0 Å². The molecule has 0 saturated heterocycles. The Labute approximate surface area is 70.8 Å². The van der Waals surface area contributed by atoms with Crippen LogP contribution in [0.2, 0.25) is 0 Å². The van der Waals surface area contributed by atoms with E-state index >= 15 is 0 Å². The normalized spacial score (nSPS) is 17.5. The number of allylic oxidation sites excluding steroid dienone is 4. The van der Waals surface area contributed by atoms with Crippen molar-refractivity contribution in [3.8, 4) is 0 Å². The van der Waals surface area contributed by atoms with Gasteiger partial charge in [0.25, 0.3) is 0 Å². The second kappa shape index (κ2) is 5.01. The molecule has 0 heterocycles. The van der Waals surface area contributed by atoms with Crippen molar-refractivity contribution in [3.63, 3.8) is 0 Å². The van der Waals surface area contributed by atoms with Crippen LogP contribution in [-0.4, -0.2) is 0 Å². The van der Waals surface area contributed by atoms with Crippen molar-refractivity contribution in [3.05, 3.63) is 23.1 Å². The van der Waals surface area contributed by atoms with Gasteiger partial charge in [-0.25, -0.2) is 13.2 Å². The standard InChI is InChI=1S/C7H7F3.C2H6/c1-4-2-3-5(8)7(10)6(4)9;1-2/h2-3H2,1H3;1-2H3. The van der Waals surface area contributed by atoms with Crippen molar-refractivity contribution in [1.29, 1.82) is 0 Å². The van der Waals surface area contributed by atoms with Crippen LogP contribution in [0.25, 0.3) is 0 Å². The van der Waals surface area contributed by atoms with E-state index in [9.17, 15) is 13.2 Å². The Bertz CT molecular complexity index is 190. The van der Waals surface area contributed by atoms with Crippen molar-refractivity contribution < 1.29 is 13.2 Å². The van der Waals surface area contributed by atoms with Gasteiger partial charge in [-0.05, 0) is 18.9 Å². The van der Waals surface area contributed by atoms with Crippen LogP contribution in [0.15, 0.2) is 23.1 Å². The molecule has 0 aromatic carbocycles. The molecule has 1 aliphatic carbocycles. The fraction of sp³-hybridized carbons (Fsp3) is 0.556. The van der Waals surface area contributed by atoms with E-state index < -0.39 is 17.5 Å². The van der Waals surface area contributed by atoms with Crippen molar-refractivity contribution in [2.24, 2.45) is 0 Å². The van der Waals surface area contributed by atoms with Gasteiger partial charge in [-0.2, -0.15) is 0 Å². The number of hydrogen-bond acceptors (Lipinski definition) is 0. The number of halogens is 3. The van der Waals surface area contributed by atoms with E-state index in [4.69, 9.17) is 0 Å². The van der Waals surface area contributed by atoms with Gasteiger partial charge in [0, 0.05) is 6.42 Å². The zero-order valence-corrected chi connectivity index (χ0v) is 7.55. The molecule has 0 aliphatic heterocycles. The smallest absolute Gasteiger partial charge is 0.190 e. The van der Waals surface area contributed by atoms with Crippen LogP contribution in [-0.2, 0) is 0 Å². The lowest BCUT2D eigenvalue weighted by Gasteiger charge is -2.08. The van der Waals surface area contributed by atoms with E-state index in [2.05, 4.69) is 0 Å². The summed E-state index contributed by atoms with van der Waals surface area (Å²) >= 11 is 0. The van der Waals surface area contributed by atoms with E-state index in [-0.39, 0.29) is 12.8 Å². The van der Waals surface area contributed by atoms with Crippen LogP contribution in [0.3, 0.4) is 0 Å². The lowest BCUT2D eigenvalue weighted by Crippen LogP contribution is -1.95. The zero-order valence-electron chi connectivity index (χ0n) is 7.55. The Kier molecular flexibility index (Phi) is 4.71. The van der Waals surface area contributed by atoms with E-state index in [1.807, 2.05) is 13.8 Å². The maximum atomic E-state index is 12.4. The quantitative estimate of drug-likeness (QED) is 0.521. The van der Waals surface area contributed by atoms with Crippen LogP contribution in [0.1, 0.15) is 33.6 Å². The van der Waals surface area contributed by atoms with E-state index in [1.165, 1.54) is 6.92 Å². The van der Waals surface area contributed by atoms with E-state index in [0.717, 1.165) is 0 Å². The van der Waals surface area contributed by atoms with Gasteiger partial charge in [0.05, 0.1) is 0 Å². The first kappa shape index (κ1) is 11.3. The molecule has 0 N–H and O–H groups in total. The molecule has 0 saturated carbocycles. The molecule has 0 aromatic rings. The average Bonchev–Trinajstić information content (AvgIpc) is 2.12. The molecule has 1 aliphatic rings. The van der Waals surface area contributed by atoms with Crippen molar-refractivity contribution in [2.75, 3.05) is 0 Å². The third-order valence-electron chi connectivity index (χ3n) is 1.53. The van der Waals surface area contributed by atoms with Gasteiger partial charge in [0.1, 0.15) is 5.83 Å². The minimum atomic E-state index is -1.32. The molecule has 3 heteroatoms. The second-order valence-electron chi connectivity index (χ2n) is 2.31. The molecule has 0 bridgehead atoms. The van der Waals surface area contributed by atoms with Crippen LogP contribution in [0, 0.1) is 0 Å². The Morgan fingerprint density at radius 3 is 1.83 bits per heavy atom. The first-order valence-electron chi connectivity index (χ1n) is 4.02. The zero-order chi connectivity index (χ0) is 9.72. The molecule has 0 atom stereocenters. The predicted octanol–water partition coefficient (Wildman–Crippen LogP) is 4.20. The Morgan fingerprint density at radius 2 is 1.42 bits per heavy atom. The highest BCUT2D eigenvalue weighted by Gasteiger charge is 2.19. The molecule has 0 nitrogen and oxygen atoms in total. The maximum Gasteiger partial charge on any atom is 0.190 e. The van der Waals surface area contributed by atoms with Gasteiger partial charge in [-0.1, -0.05) is 13.8 Å². The molecule has 0 amide bonds. The predicted molar refractivity (Wildman–Crippen MR) is 43.6 cm³/mol. The fourth-order valence-corrected chi connectivity index (χ4v) is 0.823.